The van der Waals surface area contributed by atoms with Crippen molar-refractivity contribution in [1.82, 2.24) is 10.6 Å². The normalized spacial score (nSPS) is 13.8. The van der Waals surface area contributed by atoms with E-state index in [1.54, 1.807) is 0 Å². The van der Waals surface area contributed by atoms with E-state index < -0.39 is 76.7 Å². The summed E-state index contributed by atoms with van der Waals surface area (Å²) in [6.45, 7) is -0.659. The first-order valence-corrected chi connectivity index (χ1v) is 12.8. The molecule has 2 amide bonds. The molecule has 0 aliphatic heterocycles. The number of alkyl carbamates (subject to hydrolysis) is 2. The monoisotopic (exact) mass is 640 g/mol. The van der Waals surface area contributed by atoms with E-state index in [1.807, 2.05) is 5.32 Å². The van der Waals surface area contributed by atoms with Crippen molar-refractivity contribution in [2.75, 3.05) is 40.0 Å². The quantitative estimate of drug-likeness (QED) is 0.0535. The number of halogens is 9. The summed E-state index contributed by atoms with van der Waals surface area (Å²) in [5.41, 5.74) is 0. The second kappa shape index (κ2) is 16.2. The van der Waals surface area contributed by atoms with E-state index in [1.165, 1.54) is 7.11 Å². The molecular formula is C19H25F9N2O10Si. The van der Waals surface area contributed by atoms with Gasteiger partial charge >= 0.3 is 57.4 Å². The molecule has 0 bridgehead atoms. The first-order chi connectivity index (χ1) is 18.7. The summed E-state index contributed by atoms with van der Waals surface area (Å²) in [5, 5.41) is 4.06. The molecule has 0 aromatic carbocycles. The average Bonchev–Trinajstić information content (AvgIpc) is 2.88. The minimum atomic E-state index is -7.36. The maximum Gasteiger partial charge on any atom is 0.460 e. The number of hydrogen-bond donors (Lipinski definition) is 3. The van der Waals surface area contributed by atoms with Crippen LogP contribution in [0.4, 0.5) is 49.1 Å². The number of carbonyl (C=O) groups excluding carboxylic acids is 4. The summed E-state index contributed by atoms with van der Waals surface area (Å²) in [6, 6.07) is 0.148. The molecule has 41 heavy (non-hydrogen) atoms. The predicted octanol–water partition coefficient (Wildman–Crippen LogP) is 1.80. The van der Waals surface area contributed by atoms with E-state index in [2.05, 4.69) is 35.3 Å². The van der Waals surface area contributed by atoms with Crippen LogP contribution in [0, 0.1) is 0 Å². The average molecular weight is 640 g/mol. The van der Waals surface area contributed by atoms with Crippen molar-refractivity contribution < 1.29 is 86.9 Å². The summed E-state index contributed by atoms with van der Waals surface area (Å²) in [7, 11) is -1.26. The highest BCUT2D eigenvalue weighted by Gasteiger charge is 2.84. The maximum absolute atomic E-state index is 13.7. The van der Waals surface area contributed by atoms with E-state index >= 15 is 0 Å². The second-order valence-electron chi connectivity index (χ2n) is 7.50. The summed E-state index contributed by atoms with van der Waals surface area (Å²) < 4.78 is 139. The highest BCUT2D eigenvalue weighted by Crippen LogP contribution is 2.53. The van der Waals surface area contributed by atoms with Gasteiger partial charge in [-0.05, 0) is 12.5 Å². The van der Waals surface area contributed by atoms with E-state index in [4.69, 9.17) is 0 Å². The van der Waals surface area contributed by atoms with Gasteiger partial charge in [-0.15, -0.1) is 0 Å². The molecule has 0 aromatic heterocycles. The highest BCUT2D eigenvalue weighted by atomic mass is 28.3. The number of alkyl halides is 9. The van der Waals surface area contributed by atoms with Crippen LogP contribution in [0.25, 0.3) is 0 Å². The van der Waals surface area contributed by atoms with Gasteiger partial charge in [0, 0.05) is 19.7 Å². The van der Waals surface area contributed by atoms with Gasteiger partial charge in [-0.25, -0.2) is 19.2 Å². The Hall–Kier alpha value is -3.27. The van der Waals surface area contributed by atoms with Gasteiger partial charge in [0.15, 0.2) is 6.10 Å². The first-order valence-electron chi connectivity index (χ1n) is 11.0. The maximum atomic E-state index is 13.7. The van der Waals surface area contributed by atoms with Gasteiger partial charge < -0.3 is 38.8 Å². The van der Waals surface area contributed by atoms with Crippen LogP contribution in [0.2, 0.25) is 6.04 Å². The van der Waals surface area contributed by atoms with Crippen molar-refractivity contribution in [2.45, 2.75) is 42.5 Å². The largest absolute Gasteiger partial charge is 0.461 e. The molecule has 0 saturated carbocycles. The standard InChI is InChI=1S/C19H25F9N2O10Si/c1-3-12(31)37-7-6-30-14(33)39-10-11(40-15(34)29-5-4-8-41(35)36-2)9-38-13(32)16(20,21)17(22,23)18(24,25)19(26,27)28/h3,11,35,41H,1,4-10H2,2H3,(H,29,34)(H,30,33). The molecule has 0 rings (SSSR count). The zero-order valence-electron chi connectivity index (χ0n) is 20.9. The lowest BCUT2D eigenvalue weighted by Gasteiger charge is -2.32. The molecule has 0 saturated heterocycles. The van der Waals surface area contributed by atoms with Crippen molar-refractivity contribution in [3.8, 4) is 0 Å². The second-order valence-corrected chi connectivity index (χ2v) is 9.46. The molecule has 0 aromatic rings. The Kier molecular flexibility index (Phi) is 14.9. The molecule has 3 N–H and O–H groups in total. The SMILES string of the molecule is C=CC(=O)OCCNC(=O)OCC(COC(=O)C(F)(F)C(F)(F)C(F)(F)C(F)(F)F)OC(=O)NCCC[SiH](O)OC. The van der Waals surface area contributed by atoms with Crippen LogP contribution < -0.4 is 10.6 Å². The van der Waals surface area contributed by atoms with E-state index in [0.29, 0.717) is 0 Å². The topological polar surface area (TPSA) is 159 Å². The summed E-state index contributed by atoms with van der Waals surface area (Å²) in [4.78, 5) is 55.3. The Labute approximate surface area is 226 Å². The zero-order chi connectivity index (χ0) is 32.1. The molecule has 0 radical (unpaired) electrons. The molecule has 22 heteroatoms. The Balaban J connectivity index is 5.34. The van der Waals surface area contributed by atoms with Crippen LogP contribution in [0.1, 0.15) is 6.42 Å². The van der Waals surface area contributed by atoms with Gasteiger partial charge in [0.1, 0.15) is 19.8 Å². The van der Waals surface area contributed by atoms with Crippen molar-refractivity contribution in [3.63, 3.8) is 0 Å². The van der Waals surface area contributed by atoms with E-state index in [0.717, 1.165) is 6.08 Å². The van der Waals surface area contributed by atoms with Crippen molar-refractivity contribution >= 4 is 33.4 Å². The molecule has 2 unspecified atom stereocenters. The number of ether oxygens (including phenoxy) is 4. The Morgan fingerprint density at radius 3 is 1.98 bits per heavy atom. The fourth-order valence-corrected chi connectivity index (χ4v) is 3.03. The van der Waals surface area contributed by atoms with Crippen LogP contribution in [-0.4, -0.2) is 108 Å². The van der Waals surface area contributed by atoms with Gasteiger partial charge in [0.05, 0.1) is 6.54 Å². The number of esters is 2. The molecule has 0 spiro atoms. The third-order valence-electron chi connectivity index (χ3n) is 4.43. The Morgan fingerprint density at radius 2 is 1.44 bits per heavy atom. The van der Waals surface area contributed by atoms with Crippen molar-refractivity contribution in [3.05, 3.63) is 12.7 Å². The van der Waals surface area contributed by atoms with Crippen LogP contribution in [0.3, 0.4) is 0 Å². The van der Waals surface area contributed by atoms with Gasteiger partial charge in [-0.3, -0.25) is 0 Å². The summed E-state index contributed by atoms with van der Waals surface area (Å²) >= 11 is 0. The van der Waals surface area contributed by atoms with Crippen LogP contribution in [0.15, 0.2) is 12.7 Å². The predicted molar refractivity (Wildman–Crippen MR) is 116 cm³/mol. The number of nitrogens with one attached hydrogen (secondary N) is 2. The van der Waals surface area contributed by atoms with E-state index in [9.17, 15) is 63.5 Å². The number of carbonyl (C=O) groups is 4. The van der Waals surface area contributed by atoms with Gasteiger partial charge in [0.25, 0.3) is 0 Å². The Bertz CT molecular complexity index is 909. The van der Waals surface area contributed by atoms with Crippen molar-refractivity contribution in [1.29, 1.82) is 0 Å². The lowest BCUT2D eigenvalue weighted by atomic mass is 10.0. The molecular weight excluding hydrogens is 615 g/mol. The smallest absolute Gasteiger partial charge is 0.460 e. The molecule has 238 valence electrons. The van der Waals surface area contributed by atoms with Crippen molar-refractivity contribution in [2.24, 2.45) is 0 Å². The molecule has 0 aliphatic rings. The first kappa shape index (κ1) is 37.7. The number of rotatable bonds is 17. The Morgan fingerprint density at radius 1 is 0.878 bits per heavy atom. The van der Waals surface area contributed by atoms with Crippen LogP contribution >= 0.6 is 0 Å². The fourth-order valence-electron chi connectivity index (χ4n) is 2.24. The lowest BCUT2D eigenvalue weighted by Crippen LogP contribution is -2.63. The number of amides is 2. The minimum Gasteiger partial charge on any atom is -0.461 e. The third kappa shape index (κ3) is 11.6. The van der Waals surface area contributed by atoms with Gasteiger partial charge in [0.2, 0.25) is 0 Å². The highest BCUT2D eigenvalue weighted by molar-refractivity contribution is 6.42. The zero-order valence-corrected chi connectivity index (χ0v) is 22.1. The fraction of sp³-hybridized carbons (Fsp3) is 0.684. The summed E-state index contributed by atoms with van der Waals surface area (Å²) in [6.07, 6.45) is -11.1. The van der Waals surface area contributed by atoms with Crippen LogP contribution in [-0.2, 0) is 33.0 Å². The summed E-state index contributed by atoms with van der Waals surface area (Å²) in [5.74, 6) is -25.8. The molecule has 2 atom stereocenters. The van der Waals surface area contributed by atoms with Gasteiger partial charge in [-0.1, -0.05) is 6.58 Å². The van der Waals surface area contributed by atoms with Gasteiger partial charge in [-0.2, -0.15) is 39.5 Å². The molecule has 12 nitrogen and oxygen atoms in total. The molecule has 0 heterocycles. The third-order valence-corrected chi connectivity index (χ3v) is 5.87. The molecule has 0 aliphatic carbocycles. The minimum absolute atomic E-state index is 0.139. The van der Waals surface area contributed by atoms with E-state index in [-0.39, 0.29) is 32.2 Å². The number of hydrogen-bond acceptors (Lipinski definition) is 10. The lowest BCUT2D eigenvalue weighted by molar-refractivity contribution is -0.390. The molecule has 0 fully saturated rings. The van der Waals surface area contributed by atoms with Crippen LogP contribution in [0.5, 0.6) is 0 Å².